The summed E-state index contributed by atoms with van der Waals surface area (Å²) in [6.45, 7) is 3.03. The maximum atomic E-state index is 12.5. The Morgan fingerprint density at radius 2 is 2.04 bits per heavy atom. The van der Waals surface area contributed by atoms with Gasteiger partial charge in [0, 0.05) is 12.6 Å². The fraction of sp³-hybridized carbons (Fsp3) is 0.316. The van der Waals surface area contributed by atoms with Crippen LogP contribution in [0.1, 0.15) is 25.3 Å². The third-order valence-corrected chi connectivity index (χ3v) is 5.64. The van der Waals surface area contributed by atoms with Gasteiger partial charge in [0.1, 0.15) is 11.5 Å². The summed E-state index contributed by atoms with van der Waals surface area (Å²) in [5, 5.41) is 0. The number of likely N-dealkylation sites (tertiary alicyclic amines) is 1. The number of ether oxygens (including phenoxy) is 1. The maximum absolute atomic E-state index is 12.5. The van der Waals surface area contributed by atoms with Gasteiger partial charge in [0.15, 0.2) is 0 Å². The van der Waals surface area contributed by atoms with E-state index < -0.39 is 0 Å². The number of rotatable bonds is 2. The number of benzene rings is 2. The number of amides is 1. The Labute approximate surface area is 140 Å². The van der Waals surface area contributed by atoms with Crippen molar-refractivity contribution in [1.29, 1.82) is 0 Å². The summed E-state index contributed by atoms with van der Waals surface area (Å²) in [7, 11) is 0. The van der Waals surface area contributed by atoms with E-state index in [9.17, 15) is 4.79 Å². The lowest BCUT2D eigenvalue weighted by Gasteiger charge is -2.22. The molecular weight excluding hydrogens is 306 g/mol. The van der Waals surface area contributed by atoms with Crippen molar-refractivity contribution >= 4 is 17.7 Å². The molecule has 2 aromatic rings. The van der Waals surface area contributed by atoms with Crippen molar-refractivity contribution in [3.63, 3.8) is 0 Å². The molecule has 23 heavy (non-hydrogen) atoms. The Balaban J connectivity index is 1.53. The van der Waals surface area contributed by atoms with E-state index in [1.54, 1.807) is 11.8 Å². The van der Waals surface area contributed by atoms with Crippen LogP contribution in [0.2, 0.25) is 0 Å². The minimum Gasteiger partial charge on any atom is -0.455 e. The van der Waals surface area contributed by atoms with E-state index in [2.05, 4.69) is 19.1 Å². The third-order valence-electron chi connectivity index (χ3n) is 4.53. The van der Waals surface area contributed by atoms with Gasteiger partial charge in [-0.25, -0.2) is 0 Å². The second-order valence-corrected chi connectivity index (χ2v) is 7.27. The Morgan fingerprint density at radius 1 is 1.22 bits per heavy atom. The summed E-state index contributed by atoms with van der Waals surface area (Å²) in [4.78, 5) is 16.7. The Morgan fingerprint density at radius 3 is 2.87 bits per heavy atom. The molecule has 1 amide bonds. The van der Waals surface area contributed by atoms with E-state index >= 15 is 0 Å². The minimum atomic E-state index is 0.221. The monoisotopic (exact) mass is 325 g/mol. The molecular formula is C19H19NO2S. The van der Waals surface area contributed by atoms with Gasteiger partial charge in [-0.1, -0.05) is 30.0 Å². The van der Waals surface area contributed by atoms with Crippen LogP contribution in [0.3, 0.4) is 0 Å². The van der Waals surface area contributed by atoms with Gasteiger partial charge >= 0.3 is 0 Å². The van der Waals surface area contributed by atoms with Gasteiger partial charge in [-0.2, -0.15) is 0 Å². The van der Waals surface area contributed by atoms with Gasteiger partial charge in [-0.15, -0.1) is 0 Å². The van der Waals surface area contributed by atoms with Crippen LogP contribution in [-0.2, 0) is 11.2 Å². The molecule has 4 rings (SSSR count). The Kier molecular flexibility index (Phi) is 3.77. The van der Waals surface area contributed by atoms with Crippen molar-refractivity contribution < 1.29 is 9.53 Å². The molecule has 0 saturated carbocycles. The highest BCUT2D eigenvalue weighted by atomic mass is 32.2. The van der Waals surface area contributed by atoms with Crippen molar-refractivity contribution in [3.8, 4) is 11.5 Å². The standard InChI is InChI=1S/C19H19NO2S/c1-13-5-4-10-20(13)19(21)12-14-8-9-18-16(11-14)22-15-6-2-3-7-17(15)23-18/h2-3,6-9,11,13H,4-5,10,12H2,1H3. The molecule has 2 aliphatic heterocycles. The van der Waals surface area contributed by atoms with Gasteiger partial charge in [0.05, 0.1) is 16.2 Å². The molecule has 1 unspecified atom stereocenters. The molecule has 1 saturated heterocycles. The fourth-order valence-electron chi connectivity index (χ4n) is 3.26. The number of nitrogens with zero attached hydrogens (tertiary/aromatic N) is 1. The van der Waals surface area contributed by atoms with E-state index in [4.69, 9.17) is 4.74 Å². The average molecular weight is 325 g/mol. The molecule has 0 radical (unpaired) electrons. The van der Waals surface area contributed by atoms with E-state index in [-0.39, 0.29) is 5.91 Å². The van der Waals surface area contributed by atoms with E-state index in [1.165, 1.54) is 0 Å². The number of hydrogen-bond donors (Lipinski definition) is 0. The lowest BCUT2D eigenvalue weighted by atomic mass is 10.1. The van der Waals surface area contributed by atoms with Crippen molar-refractivity contribution in [2.45, 2.75) is 42.0 Å². The first-order chi connectivity index (χ1) is 11.2. The van der Waals surface area contributed by atoms with Gasteiger partial charge in [-0.3, -0.25) is 4.79 Å². The second-order valence-electron chi connectivity index (χ2n) is 6.19. The largest absolute Gasteiger partial charge is 0.455 e. The molecule has 0 N–H and O–H groups in total. The SMILES string of the molecule is CC1CCCN1C(=O)Cc1ccc2c(c1)Oc1ccccc1S2. The summed E-state index contributed by atoms with van der Waals surface area (Å²) < 4.78 is 6.00. The molecule has 118 valence electrons. The topological polar surface area (TPSA) is 29.5 Å². The van der Waals surface area contributed by atoms with Gasteiger partial charge in [0.2, 0.25) is 5.91 Å². The second kappa shape index (κ2) is 5.93. The molecule has 2 aliphatic rings. The molecule has 0 bridgehead atoms. The predicted molar refractivity (Wildman–Crippen MR) is 91.2 cm³/mol. The number of hydrogen-bond acceptors (Lipinski definition) is 3. The molecule has 0 spiro atoms. The molecule has 3 nitrogen and oxygen atoms in total. The van der Waals surface area contributed by atoms with E-state index in [1.807, 2.05) is 35.2 Å². The summed E-state index contributed by atoms with van der Waals surface area (Å²) in [6, 6.07) is 14.5. The number of fused-ring (bicyclic) bond motifs is 2. The zero-order valence-electron chi connectivity index (χ0n) is 13.1. The third kappa shape index (κ3) is 2.83. The highest BCUT2D eigenvalue weighted by Crippen LogP contribution is 2.46. The van der Waals surface area contributed by atoms with E-state index in [0.717, 1.165) is 46.2 Å². The van der Waals surface area contributed by atoms with Crippen molar-refractivity contribution in [3.05, 3.63) is 48.0 Å². The van der Waals surface area contributed by atoms with Crippen molar-refractivity contribution in [1.82, 2.24) is 4.90 Å². The Hall–Kier alpha value is -1.94. The maximum Gasteiger partial charge on any atom is 0.227 e. The highest BCUT2D eigenvalue weighted by molar-refractivity contribution is 7.99. The highest BCUT2D eigenvalue weighted by Gasteiger charge is 2.25. The lowest BCUT2D eigenvalue weighted by Crippen LogP contribution is -2.34. The van der Waals surface area contributed by atoms with Gasteiger partial charge in [0.25, 0.3) is 0 Å². The zero-order chi connectivity index (χ0) is 15.8. The van der Waals surface area contributed by atoms with Crippen LogP contribution in [0.25, 0.3) is 0 Å². The van der Waals surface area contributed by atoms with Crippen LogP contribution < -0.4 is 4.74 Å². The molecule has 2 aromatic carbocycles. The van der Waals surface area contributed by atoms with E-state index in [0.29, 0.717) is 12.5 Å². The van der Waals surface area contributed by atoms with Crippen LogP contribution in [0.15, 0.2) is 52.3 Å². The lowest BCUT2D eigenvalue weighted by molar-refractivity contribution is -0.130. The quantitative estimate of drug-likeness (QED) is 0.695. The Bertz CT molecular complexity index is 759. The normalized spacial score (nSPS) is 19.0. The molecule has 1 fully saturated rings. The predicted octanol–water partition coefficient (Wildman–Crippen LogP) is 4.50. The first-order valence-electron chi connectivity index (χ1n) is 8.08. The van der Waals surface area contributed by atoms with Crippen LogP contribution in [-0.4, -0.2) is 23.4 Å². The summed E-state index contributed by atoms with van der Waals surface area (Å²) in [5.41, 5.74) is 1.02. The minimum absolute atomic E-state index is 0.221. The summed E-state index contributed by atoms with van der Waals surface area (Å²) >= 11 is 1.72. The molecule has 4 heteroatoms. The van der Waals surface area contributed by atoms with Crippen molar-refractivity contribution in [2.24, 2.45) is 0 Å². The number of carbonyl (C=O) groups is 1. The van der Waals surface area contributed by atoms with Crippen LogP contribution in [0, 0.1) is 0 Å². The first-order valence-corrected chi connectivity index (χ1v) is 8.89. The molecule has 1 atom stereocenters. The number of carbonyl (C=O) groups excluding carboxylic acids is 1. The fourth-order valence-corrected chi connectivity index (χ4v) is 4.19. The molecule has 0 aromatic heterocycles. The molecule has 0 aliphatic carbocycles. The zero-order valence-corrected chi connectivity index (χ0v) is 13.9. The summed E-state index contributed by atoms with van der Waals surface area (Å²) in [5.74, 6) is 1.97. The average Bonchev–Trinajstić information content (AvgIpc) is 2.99. The van der Waals surface area contributed by atoms with Gasteiger partial charge in [-0.05, 0) is 49.6 Å². The van der Waals surface area contributed by atoms with Gasteiger partial charge < -0.3 is 9.64 Å². The number of para-hydroxylation sites is 1. The smallest absolute Gasteiger partial charge is 0.227 e. The first kappa shape index (κ1) is 14.6. The summed E-state index contributed by atoms with van der Waals surface area (Å²) in [6.07, 6.45) is 2.69. The van der Waals surface area contributed by atoms with Crippen molar-refractivity contribution in [2.75, 3.05) is 6.54 Å². The van der Waals surface area contributed by atoms with Crippen LogP contribution >= 0.6 is 11.8 Å². The van der Waals surface area contributed by atoms with Crippen LogP contribution in [0.5, 0.6) is 11.5 Å². The van der Waals surface area contributed by atoms with Crippen LogP contribution in [0.4, 0.5) is 0 Å². The molecule has 2 heterocycles.